The van der Waals surface area contributed by atoms with Crippen LogP contribution in [0.2, 0.25) is 0 Å². The van der Waals surface area contributed by atoms with Crippen LogP contribution in [0, 0.1) is 0 Å². The summed E-state index contributed by atoms with van der Waals surface area (Å²) in [5, 5.41) is 0.898. The van der Waals surface area contributed by atoms with Gasteiger partial charge in [-0.2, -0.15) is 0 Å². The Kier molecular flexibility index (Phi) is 9.91. The number of methoxy groups -OCH3 is 1. The molecule has 1 saturated heterocycles. The van der Waals surface area contributed by atoms with Crippen LogP contribution in [0.25, 0.3) is 10.1 Å². The summed E-state index contributed by atoms with van der Waals surface area (Å²) in [4.78, 5) is 2.25. The van der Waals surface area contributed by atoms with E-state index < -0.39 is 7.29 Å². The second-order valence-corrected chi connectivity index (χ2v) is 11.2. The molecule has 8 heteroatoms. The molecule has 1 aliphatic rings. The maximum Gasteiger partial charge on any atom is 0.196 e. The van der Waals surface area contributed by atoms with Crippen molar-refractivity contribution in [3.8, 4) is 5.75 Å². The number of halogens is 3. The first-order valence-electron chi connectivity index (χ1n) is 11.1. The van der Waals surface area contributed by atoms with E-state index in [1.54, 1.807) is 18.7 Å². The zero-order valence-corrected chi connectivity index (χ0v) is 22.5. The highest BCUT2D eigenvalue weighted by Crippen LogP contribution is 2.57. The Labute approximate surface area is 223 Å². The summed E-state index contributed by atoms with van der Waals surface area (Å²) in [7, 11) is -1.51. The molecular weight excluding hydrogens is 522 g/mol. The van der Waals surface area contributed by atoms with Gasteiger partial charge in [0, 0.05) is 37.8 Å². The van der Waals surface area contributed by atoms with E-state index in [0.717, 1.165) is 22.6 Å². The molecular formula is C27H27Cl3N2O2P-. The van der Waals surface area contributed by atoms with Crippen LogP contribution in [-0.4, -0.2) is 38.0 Å². The third-order valence-electron chi connectivity index (χ3n) is 5.82. The van der Waals surface area contributed by atoms with Gasteiger partial charge in [0.25, 0.3) is 0 Å². The summed E-state index contributed by atoms with van der Waals surface area (Å²) in [5.74, 6) is 4.18. The predicted octanol–water partition coefficient (Wildman–Crippen LogP) is 4.57. The van der Waals surface area contributed by atoms with Gasteiger partial charge in [-0.05, 0) is 23.3 Å². The Bertz CT molecular complexity index is 1150. The molecule has 4 nitrogen and oxygen atoms in total. The number of hydrogen-bond donors (Lipinski definition) is 0. The molecule has 184 valence electrons. The van der Waals surface area contributed by atoms with Gasteiger partial charge in [-0.1, -0.05) is 96.0 Å². The zero-order valence-electron chi connectivity index (χ0n) is 19.4. The number of para-hydroxylation sites is 2. The molecule has 1 fully saturated rings. The summed E-state index contributed by atoms with van der Waals surface area (Å²) < 4.78 is 22.0. The monoisotopic (exact) mass is 547 g/mol. The van der Waals surface area contributed by atoms with Crippen LogP contribution in [0.15, 0.2) is 96.6 Å². The number of benzene rings is 3. The molecule has 4 rings (SSSR count). The number of ether oxygens (including phenoxy) is 1. The number of rotatable bonds is 7. The lowest BCUT2D eigenvalue weighted by atomic mass is 10.2. The number of nitrogens with zero attached hydrogens (tertiary/aromatic N) is 2. The van der Waals surface area contributed by atoms with E-state index in [9.17, 15) is 4.57 Å². The molecule has 0 N–H and O–H groups in total. The molecule has 0 saturated carbocycles. The minimum Gasteiger partial charge on any atom is -1.00 e. The van der Waals surface area contributed by atoms with E-state index in [0.29, 0.717) is 36.2 Å². The Balaban J connectivity index is 0.00000342. The van der Waals surface area contributed by atoms with Crippen molar-refractivity contribution in [3.05, 3.63) is 108 Å². The smallest absolute Gasteiger partial charge is 0.196 e. The summed E-state index contributed by atoms with van der Waals surface area (Å²) in [6.45, 7) is 2.61. The topological polar surface area (TPSA) is 32.8 Å². The van der Waals surface area contributed by atoms with E-state index >= 15 is 0 Å². The van der Waals surface area contributed by atoms with Gasteiger partial charge in [-0.3, -0.25) is 4.57 Å². The van der Waals surface area contributed by atoms with Crippen LogP contribution in [0.4, 0.5) is 5.69 Å². The maximum absolute atomic E-state index is 14.5. The van der Waals surface area contributed by atoms with Crippen molar-refractivity contribution in [2.75, 3.05) is 38.2 Å². The van der Waals surface area contributed by atoms with E-state index in [4.69, 9.17) is 27.9 Å². The van der Waals surface area contributed by atoms with E-state index in [1.165, 1.54) is 0 Å². The second kappa shape index (κ2) is 12.7. The lowest BCUT2D eigenvalue weighted by molar-refractivity contribution is -0.00000823. The van der Waals surface area contributed by atoms with Crippen LogP contribution in [0.3, 0.4) is 0 Å². The Hall–Kier alpha value is -2.20. The van der Waals surface area contributed by atoms with E-state index in [-0.39, 0.29) is 12.4 Å². The molecule has 0 aromatic heterocycles. The molecule has 3 aromatic carbocycles. The molecule has 0 atom stereocenters. The van der Waals surface area contributed by atoms with Crippen molar-refractivity contribution in [1.82, 2.24) is 4.67 Å². The lowest BCUT2D eigenvalue weighted by Crippen LogP contribution is -3.00. The van der Waals surface area contributed by atoms with Crippen molar-refractivity contribution in [3.63, 3.8) is 0 Å². The quantitative estimate of drug-likeness (QED) is 0.405. The fraction of sp³-hybridized carbons (Fsp3) is 0.185. The fourth-order valence-corrected chi connectivity index (χ4v) is 7.25. The first-order chi connectivity index (χ1) is 16.5. The van der Waals surface area contributed by atoms with Crippen molar-refractivity contribution in [2.24, 2.45) is 0 Å². The Morgan fingerprint density at radius 1 is 0.771 bits per heavy atom. The number of piperazine rings is 1. The minimum atomic E-state index is -3.19. The van der Waals surface area contributed by atoms with Crippen LogP contribution in [0.1, 0.15) is 11.1 Å². The molecule has 0 aliphatic carbocycles. The maximum atomic E-state index is 14.5. The zero-order chi connectivity index (χ0) is 24.0. The molecule has 0 unspecified atom stereocenters. The average molecular weight is 549 g/mol. The largest absolute Gasteiger partial charge is 1.00 e. The second-order valence-electron chi connectivity index (χ2n) is 7.97. The SMILES string of the molecule is COc1ccccc1N1CCN(P(=O)(/C=C(\Cl)c2ccccc2)/C=C(\Cl)c2ccccc2)CC1.[Cl-]. The molecule has 3 aromatic rings. The first-order valence-corrected chi connectivity index (χ1v) is 13.7. The molecule has 0 amide bonds. The van der Waals surface area contributed by atoms with Gasteiger partial charge < -0.3 is 22.0 Å². The van der Waals surface area contributed by atoms with E-state index in [1.807, 2.05) is 89.6 Å². The summed E-state index contributed by atoms with van der Waals surface area (Å²) in [5.41, 5.74) is 2.68. The standard InChI is InChI=1S/C27H27Cl2N2O2P.ClH/c1-33-27-15-9-8-14-26(27)30-16-18-31(19-17-30)34(32,20-24(28)22-10-4-2-5-11-22)21-25(29)23-12-6-3-7-13-23;/h2-15,20-21H,16-19H2,1H3;1H/p-1/b24-20-,25-21-;. The third kappa shape index (κ3) is 6.73. The van der Waals surface area contributed by atoms with Crippen LogP contribution >= 0.6 is 30.5 Å². The van der Waals surface area contributed by atoms with Crippen molar-refractivity contribution in [1.29, 1.82) is 0 Å². The highest BCUT2D eigenvalue weighted by Gasteiger charge is 2.31. The molecule has 0 bridgehead atoms. The lowest BCUT2D eigenvalue weighted by Gasteiger charge is -2.38. The van der Waals surface area contributed by atoms with Gasteiger partial charge in [-0.25, -0.2) is 4.67 Å². The normalized spacial score (nSPS) is 15.5. The number of anilines is 1. The van der Waals surface area contributed by atoms with Crippen molar-refractivity contribution >= 4 is 46.2 Å². The molecule has 0 radical (unpaired) electrons. The molecule has 1 heterocycles. The van der Waals surface area contributed by atoms with E-state index in [2.05, 4.69) is 4.90 Å². The Morgan fingerprint density at radius 2 is 1.23 bits per heavy atom. The average Bonchev–Trinajstić information content (AvgIpc) is 2.89. The minimum absolute atomic E-state index is 0. The molecule has 0 spiro atoms. The van der Waals surface area contributed by atoms with Crippen molar-refractivity contribution in [2.45, 2.75) is 0 Å². The highest BCUT2D eigenvalue weighted by molar-refractivity contribution is 7.68. The Morgan fingerprint density at radius 3 is 1.71 bits per heavy atom. The summed E-state index contributed by atoms with van der Waals surface area (Å²) in [6, 6.07) is 27.1. The predicted molar refractivity (Wildman–Crippen MR) is 145 cm³/mol. The fourth-order valence-electron chi connectivity index (χ4n) is 4.01. The van der Waals surface area contributed by atoms with Crippen LogP contribution in [0.5, 0.6) is 5.75 Å². The van der Waals surface area contributed by atoms with Gasteiger partial charge in [0.05, 0.1) is 22.9 Å². The summed E-state index contributed by atoms with van der Waals surface area (Å²) >= 11 is 13.3. The van der Waals surface area contributed by atoms with Gasteiger partial charge in [0.15, 0.2) is 7.29 Å². The van der Waals surface area contributed by atoms with Gasteiger partial charge in [0.1, 0.15) is 5.75 Å². The van der Waals surface area contributed by atoms with Gasteiger partial charge in [-0.15, -0.1) is 0 Å². The third-order valence-corrected chi connectivity index (χ3v) is 9.32. The van der Waals surface area contributed by atoms with Crippen LogP contribution < -0.4 is 22.0 Å². The highest BCUT2D eigenvalue weighted by atomic mass is 35.5. The van der Waals surface area contributed by atoms with Crippen LogP contribution in [-0.2, 0) is 4.57 Å². The first kappa shape index (κ1) is 27.4. The summed E-state index contributed by atoms with van der Waals surface area (Å²) in [6.07, 6.45) is 0. The van der Waals surface area contributed by atoms with Gasteiger partial charge >= 0.3 is 0 Å². The molecule has 1 aliphatic heterocycles. The number of hydrogen-bond acceptors (Lipinski definition) is 3. The van der Waals surface area contributed by atoms with Crippen molar-refractivity contribution < 1.29 is 21.7 Å². The molecule has 35 heavy (non-hydrogen) atoms. The van der Waals surface area contributed by atoms with Gasteiger partial charge in [0.2, 0.25) is 0 Å².